The van der Waals surface area contributed by atoms with Crippen LogP contribution in [0.2, 0.25) is 10.0 Å². The average molecular weight is 469 g/mol. The minimum absolute atomic E-state index is 0.106. The van der Waals surface area contributed by atoms with Crippen LogP contribution >= 0.6 is 34.5 Å². The van der Waals surface area contributed by atoms with Crippen molar-refractivity contribution in [3.63, 3.8) is 0 Å². The van der Waals surface area contributed by atoms with E-state index in [-0.39, 0.29) is 17.9 Å². The van der Waals surface area contributed by atoms with Crippen molar-refractivity contribution < 1.29 is 14.3 Å². The van der Waals surface area contributed by atoms with Crippen LogP contribution in [0.4, 0.5) is 0 Å². The molecule has 0 radical (unpaired) electrons. The summed E-state index contributed by atoms with van der Waals surface area (Å²) in [5, 5.41) is 4.83. The highest BCUT2D eigenvalue weighted by atomic mass is 35.5. The Labute approximate surface area is 188 Å². The fourth-order valence-electron chi connectivity index (χ4n) is 3.37. The van der Waals surface area contributed by atoms with E-state index in [4.69, 9.17) is 27.9 Å². The van der Waals surface area contributed by atoms with Gasteiger partial charge in [0.1, 0.15) is 16.0 Å². The zero-order valence-corrected chi connectivity index (χ0v) is 18.6. The number of hydrogen-bond acceptors (Lipinski definition) is 6. The molecule has 1 unspecified atom stereocenters. The molecule has 0 saturated carbocycles. The van der Waals surface area contributed by atoms with E-state index in [1.165, 1.54) is 11.3 Å². The highest BCUT2D eigenvalue weighted by Crippen LogP contribution is 2.22. The Morgan fingerprint density at radius 1 is 1.23 bits per heavy atom. The van der Waals surface area contributed by atoms with Gasteiger partial charge in [-0.25, -0.2) is 4.98 Å². The summed E-state index contributed by atoms with van der Waals surface area (Å²) in [5.41, 5.74) is 0.805. The minimum atomic E-state index is -0.237. The van der Waals surface area contributed by atoms with Crippen molar-refractivity contribution in [1.82, 2.24) is 20.1 Å². The number of aromatic nitrogens is 1. The van der Waals surface area contributed by atoms with Gasteiger partial charge in [0.25, 0.3) is 11.8 Å². The van der Waals surface area contributed by atoms with Crippen molar-refractivity contribution in [1.29, 1.82) is 0 Å². The van der Waals surface area contributed by atoms with Gasteiger partial charge in [0.2, 0.25) is 0 Å². The fourth-order valence-corrected chi connectivity index (χ4v) is 4.72. The van der Waals surface area contributed by atoms with Gasteiger partial charge in [0, 0.05) is 49.2 Å². The van der Waals surface area contributed by atoms with Crippen molar-refractivity contribution in [3.05, 3.63) is 49.9 Å². The topological polar surface area (TPSA) is 74.8 Å². The van der Waals surface area contributed by atoms with Crippen LogP contribution in [-0.2, 0) is 22.6 Å². The molecule has 7 nitrogen and oxygen atoms in total. The van der Waals surface area contributed by atoms with Gasteiger partial charge in [-0.15, -0.1) is 11.3 Å². The fraction of sp³-hybridized carbons (Fsp3) is 0.450. The zero-order chi connectivity index (χ0) is 21.1. The number of nitrogens with one attached hydrogen (secondary N) is 1. The molecule has 0 spiro atoms. The van der Waals surface area contributed by atoms with Crippen LogP contribution in [0.15, 0.2) is 24.4 Å². The first kappa shape index (κ1) is 21.5. The molecular formula is C20H22Cl2N4O3S. The Hall–Kier alpha value is -1.71. The summed E-state index contributed by atoms with van der Waals surface area (Å²) in [6.07, 6.45) is 2.19. The van der Waals surface area contributed by atoms with Gasteiger partial charge in [-0.05, 0) is 17.7 Å². The summed E-state index contributed by atoms with van der Waals surface area (Å²) >= 11 is 13.4. The number of benzene rings is 1. The molecule has 2 saturated heterocycles. The zero-order valence-electron chi connectivity index (χ0n) is 16.3. The number of nitrogens with zero attached hydrogens (tertiary/aromatic N) is 3. The normalized spacial score (nSPS) is 19.4. The molecule has 3 heterocycles. The quantitative estimate of drug-likeness (QED) is 0.705. The molecule has 1 N–H and O–H groups in total. The third kappa shape index (κ3) is 5.12. The predicted octanol–water partition coefficient (Wildman–Crippen LogP) is 2.81. The number of amides is 2. The first-order chi connectivity index (χ1) is 14.5. The van der Waals surface area contributed by atoms with Crippen LogP contribution in [0.25, 0.3) is 0 Å². The molecule has 2 aliphatic rings. The summed E-state index contributed by atoms with van der Waals surface area (Å²) in [7, 11) is 0. The maximum atomic E-state index is 12.4. The Morgan fingerprint density at radius 2 is 2.00 bits per heavy atom. The molecule has 4 rings (SSSR count). The molecule has 1 aromatic carbocycles. The summed E-state index contributed by atoms with van der Waals surface area (Å²) < 4.78 is 5.29. The van der Waals surface area contributed by atoms with E-state index in [2.05, 4.69) is 15.2 Å². The van der Waals surface area contributed by atoms with E-state index < -0.39 is 0 Å². The highest BCUT2D eigenvalue weighted by molar-refractivity contribution is 7.13. The van der Waals surface area contributed by atoms with Gasteiger partial charge in [-0.2, -0.15) is 0 Å². The van der Waals surface area contributed by atoms with Crippen LogP contribution in [0.5, 0.6) is 0 Å². The monoisotopic (exact) mass is 468 g/mol. The lowest BCUT2D eigenvalue weighted by Crippen LogP contribution is -2.53. The summed E-state index contributed by atoms with van der Waals surface area (Å²) in [6, 6.07) is 5.19. The van der Waals surface area contributed by atoms with Crippen molar-refractivity contribution in [2.45, 2.75) is 25.6 Å². The summed E-state index contributed by atoms with van der Waals surface area (Å²) in [6.45, 7) is 4.64. The lowest BCUT2D eigenvalue weighted by molar-refractivity contribution is -0.157. The van der Waals surface area contributed by atoms with Gasteiger partial charge < -0.3 is 15.0 Å². The van der Waals surface area contributed by atoms with Gasteiger partial charge in [0.15, 0.2) is 0 Å². The standard InChI is InChI=1S/C20H22Cl2N4O3S/c21-14-2-1-13(15(22)9-14)10-24-19(27)17-11-23-18(30-17)12-25-4-6-26(7-5-25)20(28)16-3-8-29-16/h1-2,9,11,16H,3-8,10,12H2,(H,24,27). The van der Waals surface area contributed by atoms with Crippen LogP contribution in [0, 0.1) is 0 Å². The number of ether oxygens (including phenoxy) is 1. The second-order valence-corrected chi connectivity index (χ2v) is 9.25. The molecule has 2 amide bonds. The average Bonchev–Trinajstić information content (AvgIpc) is 3.15. The van der Waals surface area contributed by atoms with Gasteiger partial charge in [0.05, 0.1) is 19.3 Å². The smallest absolute Gasteiger partial charge is 0.263 e. The largest absolute Gasteiger partial charge is 0.368 e. The van der Waals surface area contributed by atoms with Crippen molar-refractivity contribution in [2.24, 2.45) is 0 Å². The molecular weight excluding hydrogens is 447 g/mol. The second kappa shape index (κ2) is 9.62. The highest BCUT2D eigenvalue weighted by Gasteiger charge is 2.32. The Kier molecular flexibility index (Phi) is 6.90. The second-order valence-electron chi connectivity index (χ2n) is 7.29. The molecule has 10 heteroatoms. The number of hydrogen-bond donors (Lipinski definition) is 1. The number of halogens is 2. The van der Waals surface area contributed by atoms with Crippen LogP contribution in [-0.4, -0.2) is 65.5 Å². The van der Waals surface area contributed by atoms with Crippen molar-refractivity contribution >= 4 is 46.4 Å². The Morgan fingerprint density at radius 3 is 2.67 bits per heavy atom. The number of thiazole rings is 1. The summed E-state index contributed by atoms with van der Waals surface area (Å²) in [5.74, 6) is -0.0735. The molecule has 2 fully saturated rings. The molecule has 2 aromatic rings. The maximum Gasteiger partial charge on any atom is 0.263 e. The molecule has 1 atom stereocenters. The molecule has 30 heavy (non-hydrogen) atoms. The maximum absolute atomic E-state index is 12.4. The minimum Gasteiger partial charge on any atom is -0.368 e. The number of piperazine rings is 1. The van der Waals surface area contributed by atoms with E-state index in [1.807, 2.05) is 4.90 Å². The molecule has 0 bridgehead atoms. The number of rotatable bonds is 6. The van der Waals surface area contributed by atoms with E-state index >= 15 is 0 Å². The molecule has 2 aliphatic heterocycles. The third-order valence-electron chi connectivity index (χ3n) is 5.25. The lowest BCUT2D eigenvalue weighted by atomic mass is 10.1. The Balaban J connectivity index is 1.25. The molecule has 0 aliphatic carbocycles. The van der Waals surface area contributed by atoms with Crippen LogP contribution in [0.1, 0.15) is 26.7 Å². The van der Waals surface area contributed by atoms with E-state index in [9.17, 15) is 9.59 Å². The number of carbonyl (C=O) groups excluding carboxylic acids is 2. The summed E-state index contributed by atoms with van der Waals surface area (Å²) in [4.78, 5) is 33.8. The van der Waals surface area contributed by atoms with Gasteiger partial charge in [-0.3, -0.25) is 14.5 Å². The first-order valence-corrected chi connectivity index (χ1v) is 11.4. The first-order valence-electron chi connectivity index (χ1n) is 9.79. The molecule has 160 valence electrons. The van der Waals surface area contributed by atoms with Gasteiger partial charge >= 0.3 is 0 Å². The molecule has 1 aromatic heterocycles. The van der Waals surface area contributed by atoms with E-state index in [0.29, 0.717) is 47.7 Å². The Bertz CT molecular complexity index is 927. The third-order valence-corrected chi connectivity index (χ3v) is 6.82. The SMILES string of the molecule is O=C(NCc1ccc(Cl)cc1Cl)c1cnc(CN2CCN(C(=O)C3CCO3)CC2)s1. The lowest BCUT2D eigenvalue weighted by Gasteiger charge is -2.37. The van der Waals surface area contributed by atoms with E-state index in [1.54, 1.807) is 24.4 Å². The number of carbonyl (C=O) groups is 2. The van der Waals surface area contributed by atoms with Crippen LogP contribution in [0.3, 0.4) is 0 Å². The van der Waals surface area contributed by atoms with Gasteiger partial charge in [-0.1, -0.05) is 29.3 Å². The van der Waals surface area contributed by atoms with E-state index in [0.717, 1.165) is 30.1 Å². The predicted molar refractivity (Wildman–Crippen MR) is 116 cm³/mol. The van der Waals surface area contributed by atoms with Crippen molar-refractivity contribution in [2.75, 3.05) is 32.8 Å². The van der Waals surface area contributed by atoms with Crippen LogP contribution < -0.4 is 5.32 Å². The van der Waals surface area contributed by atoms with Crippen molar-refractivity contribution in [3.8, 4) is 0 Å².